The van der Waals surface area contributed by atoms with Crippen LogP contribution < -0.4 is 14.8 Å². The fraction of sp³-hybridized carbons (Fsp3) is 0.0455. The van der Waals surface area contributed by atoms with E-state index in [-0.39, 0.29) is 27.1 Å². The average molecular weight is 468 g/mol. The van der Waals surface area contributed by atoms with Crippen LogP contribution in [0, 0.1) is 11.6 Å². The molecule has 0 saturated heterocycles. The number of carbonyl (C=O) groups excluding carboxylic acids is 1. The quantitative estimate of drug-likeness (QED) is 0.460. The number of hydrogen-bond acceptors (Lipinski definition) is 5. The van der Waals surface area contributed by atoms with Gasteiger partial charge < -0.3 is 0 Å². The Hall–Kier alpha value is -4.12. The van der Waals surface area contributed by atoms with E-state index in [2.05, 4.69) is 4.98 Å². The van der Waals surface area contributed by atoms with Crippen molar-refractivity contribution in [2.75, 3.05) is 9.21 Å². The third kappa shape index (κ3) is 3.33. The van der Waals surface area contributed by atoms with Crippen LogP contribution in [0.2, 0.25) is 0 Å². The highest BCUT2D eigenvalue weighted by atomic mass is 32.2. The Kier molecular flexibility index (Phi) is 4.71. The molecule has 5 rings (SSSR count). The monoisotopic (exact) mass is 468 g/mol. The Labute approximate surface area is 186 Å². The van der Waals surface area contributed by atoms with Crippen molar-refractivity contribution in [2.24, 2.45) is 0 Å². The van der Waals surface area contributed by atoms with Crippen molar-refractivity contribution < 1.29 is 22.0 Å². The van der Waals surface area contributed by atoms with Crippen LogP contribution in [-0.4, -0.2) is 23.8 Å². The molecule has 2 amide bonds. The van der Waals surface area contributed by atoms with E-state index in [0.717, 1.165) is 17.0 Å². The third-order valence-electron chi connectivity index (χ3n) is 5.15. The molecule has 4 aromatic rings. The van der Waals surface area contributed by atoms with E-state index in [0.29, 0.717) is 11.7 Å². The number of para-hydroxylation sites is 1. The Balaban J connectivity index is 1.68. The number of amides is 2. The molecule has 0 bridgehead atoms. The number of carbonyl (C=O) groups is 1. The molecule has 0 atom stereocenters. The van der Waals surface area contributed by atoms with Crippen molar-refractivity contribution in [1.29, 1.82) is 0 Å². The van der Waals surface area contributed by atoms with Crippen LogP contribution in [0.1, 0.15) is 5.69 Å². The number of aromatic nitrogens is 2. The van der Waals surface area contributed by atoms with Gasteiger partial charge >= 0.3 is 6.03 Å². The fourth-order valence-corrected chi connectivity index (χ4v) is 5.28. The summed E-state index contributed by atoms with van der Waals surface area (Å²) in [4.78, 5) is 31.0. The van der Waals surface area contributed by atoms with Gasteiger partial charge in [0.2, 0.25) is 0 Å². The van der Waals surface area contributed by atoms with E-state index < -0.39 is 38.9 Å². The maximum absolute atomic E-state index is 14.5. The number of benzene rings is 2. The molecule has 1 aliphatic rings. The predicted octanol–water partition coefficient (Wildman–Crippen LogP) is 3.31. The van der Waals surface area contributed by atoms with Gasteiger partial charge in [0.05, 0.1) is 17.9 Å². The lowest BCUT2D eigenvalue weighted by Crippen LogP contribution is -2.51. The summed E-state index contributed by atoms with van der Waals surface area (Å²) in [6, 6.07) is 12.9. The van der Waals surface area contributed by atoms with Gasteiger partial charge in [0.25, 0.3) is 15.6 Å². The highest BCUT2D eigenvalue weighted by Gasteiger charge is 2.43. The maximum Gasteiger partial charge on any atom is 0.343 e. The summed E-state index contributed by atoms with van der Waals surface area (Å²) in [6.45, 7) is -0.278. The van der Waals surface area contributed by atoms with Crippen LogP contribution in [0.15, 0.2) is 82.6 Å². The summed E-state index contributed by atoms with van der Waals surface area (Å²) in [5.41, 5.74) is -0.586. The Morgan fingerprint density at radius 1 is 0.879 bits per heavy atom. The van der Waals surface area contributed by atoms with Crippen molar-refractivity contribution in [2.45, 2.75) is 11.4 Å². The molecule has 2 aromatic heterocycles. The highest BCUT2D eigenvalue weighted by Crippen LogP contribution is 2.38. The molecule has 8 nitrogen and oxygen atoms in total. The fourth-order valence-electron chi connectivity index (χ4n) is 3.68. The summed E-state index contributed by atoms with van der Waals surface area (Å²) >= 11 is 0. The highest BCUT2D eigenvalue weighted by molar-refractivity contribution is 7.94. The molecule has 0 unspecified atom stereocenters. The minimum atomic E-state index is -4.54. The predicted molar refractivity (Wildman–Crippen MR) is 116 cm³/mol. The summed E-state index contributed by atoms with van der Waals surface area (Å²) < 4.78 is 56.4. The number of nitrogens with zero attached hydrogens (tertiary/aromatic N) is 4. The zero-order chi connectivity index (χ0) is 23.3. The van der Waals surface area contributed by atoms with Gasteiger partial charge in [-0.25, -0.2) is 27.0 Å². The Bertz CT molecular complexity index is 1600. The molecule has 0 radical (unpaired) electrons. The molecule has 0 aliphatic carbocycles. The number of sulfonamides is 1. The van der Waals surface area contributed by atoms with Gasteiger partial charge in [0.15, 0.2) is 0 Å². The van der Waals surface area contributed by atoms with Crippen LogP contribution in [-0.2, 0) is 16.6 Å². The lowest BCUT2D eigenvalue weighted by molar-refractivity contribution is 0.253. The van der Waals surface area contributed by atoms with E-state index in [4.69, 9.17) is 0 Å². The van der Waals surface area contributed by atoms with E-state index in [1.165, 1.54) is 40.9 Å². The molecule has 0 saturated carbocycles. The van der Waals surface area contributed by atoms with Gasteiger partial charge in [-0.3, -0.25) is 14.1 Å². The lowest BCUT2D eigenvalue weighted by Gasteiger charge is -2.36. The van der Waals surface area contributed by atoms with Gasteiger partial charge in [0, 0.05) is 18.3 Å². The number of pyridine rings is 1. The van der Waals surface area contributed by atoms with Crippen molar-refractivity contribution in [3.05, 3.63) is 101 Å². The zero-order valence-electron chi connectivity index (χ0n) is 16.7. The zero-order valence-corrected chi connectivity index (χ0v) is 17.5. The first-order chi connectivity index (χ1) is 15.8. The van der Waals surface area contributed by atoms with Crippen LogP contribution in [0.25, 0.3) is 5.65 Å². The van der Waals surface area contributed by atoms with Gasteiger partial charge in [-0.15, -0.1) is 0 Å². The number of anilines is 2. The molecule has 0 N–H and O–H groups in total. The minimum Gasteiger partial charge on any atom is -0.286 e. The standard InChI is InChI=1S/C22H14F2N4O4S/c23-14-8-9-16(24)18(11-14)28-22(30)27(17-5-1-2-6-19(17)33(28,31)32)13-15-12-21(29)26-10-4-3-7-20(26)25-15/h1-12H,13H2. The third-order valence-corrected chi connectivity index (χ3v) is 6.88. The second-order valence-corrected chi connectivity index (χ2v) is 8.97. The van der Waals surface area contributed by atoms with Crippen molar-refractivity contribution in [1.82, 2.24) is 9.38 Å². The smallest absolute Gasteiger partial charge is 0.286 e. The largest absolute Gasteiger partial charge is 0.343 e. The normalized spacial score (nSPS) is 15.0. The van der Waals surface area contributed by atoms with E-state index in [1.807, 2.05) is 0 Å². The molecule has 0 fully saturated rings. The van der Waals surface area contributed by atoms with Crippen molar-refractivity contribution in [3.63, 3.8) is 0 Å². The first-order valence-electron chi connectivity index (χ1n) is 9.65. The summed E-state index contributed by atoms with van der Waals surface area (Å²) in [5.74, 6) is -2.00. The van der Waals surface area contributed by atoms with Crippen LogP contribution >= 0.6 is 0 Å². The molecule has 2 aromatic carbocycles. The molecule has 11 heteroatoms. The average Bonchev–Trinajstić information content (AvgIpc) is 2.79. The number of halogens is 2. The molecule has 166 valence electrons. The topological polar surface area (TPSA) is 92.1 Å². The van der Waals surface area contributed by atoms with E-state index in [1.54, 1.807) is 18.2 Å². The van der Waals surface area contributed by atoms with Gasteiger partial charge in [-0.05, 0) is 36.4 Å². The molecule has 1 aliphatic heterocycles. The van der Waals surface area contributed by atoms with Crippen molar-refractivity contribution in [3.8, 4) is 0 Å². The first-order valence-corrected chi connectivity index (χ1v) is 11.1. The van der Waals surface area contributed by atoms with Gasteiger partial charge in [-0.1, -0.05) is 18.2 Å². The molecule has 0 spiro atoms. The Morgan fingerprint density at radius 2 is 1.64 bits per heavy atom. The van der Waals surface area contributed by atoms with Crippen LogP contribution in [0.5, 0.6) is 0 Å². The number of rotatable bonds is 3. The van der Waals surface area contributed by atoms with Crippen LogP contribution in [0.3, 0.4) is 0 Å². The van der Waals surface area contributed by atoms with E-state index >= 15 is 0 Å². The summed E-state index contributed by atoms with van der Waals surface area (Å²) in [7, 11) is -4.54. The van der Waals surface area contributed by atoms with Crippen molar-refractivity contribution >= 4 is 33.1 Å². The Morgan fingerprint density at radius 3 is 2.45 bits per heavy atom. The molecule has 3 heterocycles. The number of urea groups is 1. The molecular weight excluding hydrogens is 454 g/mol. The number of hydrogen-bond donors (Lipinski definition) is 0. The van der Waals surface area contributed by atoms with Gasteiger partial charge in [0.1, 0.15) is 27.9 Å². The van der Waals surface area contributed by atoms with Crippen LogP contribution in [0.4, 0.5) is 25.0 Å². The van der Waals surface area contributed by atoms with E-state index in [9.17, 15) is 26.8 Å². The SMILES string of the molecule is O=C1N(Cc2cc(=O)n3ccccc3n2)c2ccccc2S(=O)(=O)N1c1cc(F)ccc1F. The second-order valence-electron chi connectivity index (χ2n) is 7.22. The summed E-state index contributed by atoms with van der Waals surface area (Å²) in [5, 5.41) is 0. The molecule has 33 heavy (non-hydrogen) atoms. The number of fused-ring (bicyclic) bond motifs is 2. The molecular formula is C22H14F2N4O4S. The van der Waals surface area contributed by atoms with Gasteiger partial charge in [-0.2, -0.15) is 4.31 Å². The first kappa shape index (κ1) is 20.8. The minimum absolute atomic E-state index is 0.0330. The summed E-state index contributed by atoms with van der Waals surface area (Å²) in [6.07, 6.45) is 1.54. The lowest BCUT2D eigenvalue weighted by atomic mass is 10.2. The maximum atomic E-state index is 14.5. The second kappa shape index (κ2) is 7.48.